The largest absolute Gasteiger partial charge is 0.481 e. The number of aliphatic carboxylic acids is 2. The van der Waals surface area contributed by atoms with Gasteiger partial charge in [0.1, 0.15) is 6.04 Å². The Kier molecular flexibility index (Phi) is 15.0. The van der Waals surface area contributed by atoms with Crippen LogP contribution >= 0.6 is 0 Å². The van der Waals surface area contributed by atoms with Crippen LogP contribution in [0.3, 0.4) is 0 Å². The zero-order chi connectivity index (χ0) is 17.3. The van der Waals surface area contributed by atoms with E-state index in [1.807, 2.05) is 0 Å². The van der Waals surface area contributed by atoms with Gasteiger partial charge in [0.25, 0.3) is 0 Å². The van der Waals surface area contributed by atoms with Gasteiger partial charge < -0.3 is 15.5 Å². The highest BCUT2D eigenvalue weighted by molar-refractivity contribution is 5.80. The molecule has 0 aliphatic rings. The molecule has 0 saturated carbocycles. The highest BCUT2D eigenvalue weighted by Crippen LogP contribution is 2.11. The third-order valence-electron chi connectivity index (χ3n) is 4.10. The summed E-state index contributed by atoms with van der Waals surface area (Å²) in [6, 6.07) is -0.972. The van der Waals surface area contributed by atoms with Gasteiger partial charge in [0, 0.05) is 0 Å². The monoisotopic (exact) mass is 329 g/mol. The molecule has 0 unspecified atom stereocenters. The van der Waals surface area contributed by atoms with Crippen molar-refractivity contribution in [3.8, 4) is 0 Å². The molecule has 0 aliphatic heterocycles. The molecule has 0 saturated heterocycles. The third-order valence-corrected chi connectivity index (χ3v) is 4.10. The lowest BCUT2D eigenvalue weighted by molar-refractivity contribution is -0.145. The minimum atomic E-state index is -1.09. The second-order valence-electron chi connectivity index (χ2n) is 6.33. The zero-order valence-electron chi connectivity index (χ0n) is 14.7. The maximum atomic E-state index is 10.9. The number of carboxylic acid groups (broad SMARTS) is 2. The molecule has 0 bridgehead atoms. The quantitative estimate of drug-likeness (QED) is 0.348. The Balaban J connectivity index is 3.32. The summed E-state index contributed by atoms with van der Waals surface area (Å²) in [6.07, 6.45) is 14.8. The molecule has 136 valence electrons. The summed E-state index contributed by atoms with van der Waals surface area (Å²) in [5.74, 6) is -2.18. The van der Waals surface area contributed by atoms with Crippen LogP contribution in [0.5, 0.6) is 0 Å². The summed E-state index contributed by atoms with van der Waals surface area (Å²) in [6.45, 7) is 2.81. The van der Waals surface area contributed by atoms with Crippen LogP contribution in [-0.2, 0) is 9.59 Å². The average Bonchev–Trinajstić information content (AvgIpc) is 2.50. The summed E-state index contributed by atoms with van der Waals surface area (Å²) in [5, 5.41) is 20.3. The molecule has 23 heavy (non-hydrogen) atoms. The van der Waals surface area contributed by atoms with Crippen molar-refractivity contribution in [3.63, 3.8) is 0 Å². The van der Waals surface area contributed by atoms with Crippen LogP contribution in [-0.4, -0.2) is 34.7 Å². The lowest BCUT2D eigenvalue weighted by Crippen LogP contribution is -2.39. The van der Waals surface area contributed by atoms with Crippen molar-refractivity contribution in [2.24, 2.45) is 0 Å². The van der Waals surface area contributed by atoms with Gasteiger partial charge in [-0.2, -0.15) is 0 Å². The van der Waals surface area contributed by atoms with Gasteiger partial charge in [-0.1, -0.05) is 77.6 Å². The van der Waals surface area contributed by atoms with E-state index in [2.05, 4.69) is 12.2 Å². The normalized spacial score (nSPS) is 12.2. The molecule has 0 aliphatic carbocycles. The van der Waals surface area contributed by atoms with Gasteiger partial charge in [0.2, 0.25) is 0 Å². The van der Waals surface area contributed by atoms with Gasteiger partial charge in [-0.25, -0.2) is 0 Å². The number of carbonyl (C=O) groups is 2. The van der Waals surface area contributed by atoms with E-state index >= 15 is 0 Å². The number of rotatable bonds is 17. The van der Waals surface area contributed by atoms with Crippen LogP contribution < -0.4 is 5.32 Å². The Morgan fingerprint density at radius 2 is 1.22 bits per heavy atom. The predicted molar refractivity (Wildman–Crippen MR) is 92.8 cm³/mol. The predicted octanol–water partition coefficient (Wildman–Crippen LogP) is 4.21. The number of unbranched alkanes of at least 4 members (excludes halogenated alkanes) is 11. The molecule has 5 nitrogen and oxygen atoms in total. The molecule has 0 radical (unpaired) electrons. The van der Waals surface area contributed by atoms with E-state index in [4.69, 9.17) is 10.2 Å². The van der Waals surface area contributed by atoms with Gasteiger partial charge in [-0.3, -0.25) is 9.59 Å². The van der Waals surface area contributed by atoms with Crippen molar-refractivity contribution >= 4 is 11.9 Å². The summed E-state index contributed by atoms with van der Waals surface area (Å²) in [7, 11) is 0. The Morgan fingerprint density at radius 3 is 1.61 bits per heavy atom. The van der Waals surface area contributed by atoms with Crippen molar-refractivity contribution < 1.29 is 19.8 Å². The molecule has 0 fully saturated rings. The molecule has 0 heterocycles. The standard InChI is InChI=1S/C18H35NO4/c1-2-3-4-5-6-7-8-9-10-11-12-13-14-19-16(18(22)23)15-17(20)21/h16,19H,2-15H2,1H3,(H,20,21)(H,22,23)/t16-/m0/s1. The highest BCUT2D eigenvalue weighted by Gasteiger charge is 2.19. The number of hydrogen-bond acceptors (Lipinski definition) is 3. The van der Waals surface area contributed by atoms with E-state index in [1.54, 1.807) is 0 Å². The molecule has 5 heteroatoms. The lowest BCUT2D eigenvalue weighted by Gasteiger charge is -2.11. The van der Waals surface area contributed by atoms with E-state index < -0.39 is 18.0 Å². The van der Waals surface area contributed by atoms with Crippen molar-refractivity contribution in [1.82, 2.24) is 5.32 Å². The molecule has 0 amide bonds. The summed E-state index contributed by atoms with van der Waals surface area (Å²) >= 11 is 0. The third kappa shape index (κ3) is 15.6. The van der Waals surface area contributed by atoms with Crippen molar-refractivity contribution in [3.05, 3.63) is 0 Å². The van der Waals surface area contributed by atoms with E-state index in [-0.39, 0.29) is 6.42 Å². The fourth-order valence-corrected chi connectivity index (χ4v) is 2.66. The number of carboxylic acids is 2. The van der Waals surface area contributed by atoms with Gasteiger partial charge in [-0.05, 0) is 13.0 Å². The average molecular weight is 329 g/mol. The minimum absolute atomic E-state index is 0.367. The van der Waals surface area contributed by atoms with Crippen LogP contribution in [0.15, 0.2) is 0 Å². The molecule has 0 rings (SSSR count). The first-order valence-corrected chi connectivity index (χ1v) is 9.26. The van der Waals surface area contributed by atoms with Gasteiger partial charge in [-0.15, -0.1) is 0 Å². The first-order valence-electron chi connectivity index (χ1n) is 9.26. The topological polar surface area (TPSA) is 86.6 Å². The van der Waals surface area contributed by atoms with Crippen molar-refractivity contribution in [2.75, 3.05) is 6.54 Å². The first-order chi connectivity index (χ1) is 11.1. The van der Waals surface area contributed by atoms with Crippen LogP contribution in [0.4, 0.5) is 0 Å². The van der Waals surface area contributed by atoms with E-state index in [0.29, 0.717) is 6.54 Å². The first kappa shape index (κ1) is 21.9. The highest BCUT2D eigenvalue weighted by atomic mass is 16.4. The fraction of sp³-hybridized carbons (Fsp3) is 0.889. The molecule has 0 spiro atoms. The maximum absolute atomic E-state index is 10.9. The smallest absolute Gasteiger partial charge is 0.321 e. The molecule has 0 aromatic rings. The number of nitrogens with one attached hydrogen (secondary N) is 1. The molecule has 1 atom stereocenters. The van der Waals surface area contributed by atoms with Crippen LogP contribution in [0.2, 0.25) is 0 Å². The van der Waals surface area contributed by atoms with Gasteiger partial charge >= 0.3 is 11.9 Å². The van der Waals surface area contributed by atoms with Gasteiger partial charge in [0.15, 0.2) is 0 Å². The van der Waals surface area contributed by atoms with Gasteiger partial charge in [0.05, 0.1) is 6.42 Å². The summed E-state index contributed by atoms with van der Waals surface area (Å²) < 4.78 is 0. The maximum Gasteiger partial charge on any atom is 0.321 e. The van der Waals surface area contributed by atoms with E-state index in [0.717, 1.165) is 12.8 Å². The Labute approximate surface area is 140 Å². The zero-order valence-corrected chi connectivity index (χ0v) is 14.7. The van der Waals surface area contributed by atoms with E-state index in [9.17, 15) is 9.59 Å². The molecule has 3 N–H and O–H groups in total. The minimum Gasteiger partial charge on any atom is -0.481 e. The van der Waals surface area contributed by atoms with Crippen LogP contribution in [0.1, 0.15) is 90.4 Å². The van der Waals surface area contributed by atoms with Crippen LogP contribution in [0, 0.1) is 0 Å². The fourth-order valence-electron chi connectivity index (χ4n) is 2.66. The number of hydrogen-bond donors (Lipinski definition) is 3. The second-order valence-corrected chi connectivity index (χ2v) is 6.33. The summed E-state index contributed by atoms with van der Waals surface area (Å²) in [5.41, 5.74) is 0. The molecular formula is C18H35NO4. The Hall–Kier alpha value is -1.10. The summed E-state index contributed by atoms with van der Waals surface area (Å²) in [4.78, 5) is 21.4. The van der Waals surface area contributed by atoms with Crippen molar-refractivity contribution in [1.29, 1.82) is 0 Å². The Bertz CT molecular complexity index is 307. The van der Waals surface area contributed by atoms with E-state index in [1.165, 1.54) is 64.2 Å². The Morgan fingerprint density at radius 1 is 0.783 bits per heavy atom. The second kappa shape index (κ2) is 15.8. The SMILES string of the molecule is CCCCCCCCCCCCCCN[C@@H](CC(=O)O)C(=O)O. The van der Waals surface area contributed by atoms with Crippen molar-refractivity contribution in [2.45, 2.75) is 96.4 Å². The molecular weight excluding hydrogens is 294 g/mol. The molecule has 0 aromatic heterocycles. The lowest BCUT2D eigenvalue weighted by atomic mass is 10.1. The molecule has 0 aromatic carbocycles. The van der Waals surface area contributed by atoms with Crippen LogP contribution in [0.25, 0.3) is 0 Å².